The van der Waals surface area contributed by atoms with Crippen LogP contribution in [0.25, 0.3) is 0 Å². The van der Waals surface area contributed by atoms with Crippen LogP contribution in [0, 0.1) is 13.8 Å². The normalized spacial score (nSPS) is 13.6. The SMILES string of the molecule is CCN(CC(=O)Nc1ccc(N2CCOCC2)cc1)C(=O)COc1cc(C)ccc1C. The average Bonchev–Trinajstić information content (AvgIpc) is 2.79. The fourth-order valence-corrected chi connectivity index (χ4v) is 3.42. The molecule has 2 aromatic carbocycles. The molecular formula is C24H31N3O4. The highest BCUT2D eigenvalue weighted by Crippen LogP contribution is 2.20. The summed E-state index contributed by atoms with van der Waals surface area (Å²) in [6.45, 7) is 9.26. The standard InChI is InChI=1S/C24H31N3O4/c1-4-26(24(29)17-31-22-15-18(2)5-6-19(22)3)16-23(28)25-20-7-9-21(10-8-20)27-11-13-30-14-12-27/h5-10,15H,4,11-14,16-17H2,1-3H3,(H,25,28). The number of carbonyl (C=O) groups excluding carboxylic acids is 2. The minimum absolute atomic E-state index is 0.0172. The molecule has 2 amide bonds. The van der Waals surface area contributed by atoms with Crippen molar-refractivity contribution in [2.45, 2.75) is 20.8 Å². The lowest BCUT2D eigenvalue weighted by molar-refractivity contribution is -0.136. The van der Waals surface area contributed by atoms with Crippen LogP contribution in [0.1, 0.15) is 18.1 Å². The molecule has 0 radical (unpaired) electrons. The van der Waals surface area contributed by atoms with Crippen molar-refractivity contribution < 1.29 is 19.1 Å². The van der Waals surface area contributed by atoms with Crippen molar-refractivity contribution in [3.05, 3.63) is 53.6 Å². The van der Waals surface area contributed by atoms with Crippen molar-refractivity contribution in [3.8, 4) is 5.75 Å². The van der Waals surface area contributed by atoms with Gasteiger partial charge in [-0.15, -0.1) is 0 Å². The Morgan fingerprint density at radius 1 is 1.10 bits per heavy atom. The second-order valence-corrected chi connectivity index (χ2v) is 7.66. The maximum absolute atomic E-state index is 12.6. The number of carbonyl (C=O) groups is 2. The Morgan fingerprint density at radius 2 is 1.81 bits per heavy atom. The summed E-state index contributed by atoms with van der Waals surface area (Å²) in [5.41, 5.74) is 3.85. The van der Waals surface area contributed by atoms with Gasteiger partial charge in [-0.2, -0.15) is 0 Å². The molecule has 7 heteroatoms. The lowest BCUT2D eigenvalue weighted by atomic mass is 10.1. The van der Waals surface area contributed by atoms with Gasteiger partial charge < -0.3 is 24.6 Å². The molecule has 7 nitrogen and oxygen atoms in total. The molecule has 1 heterocycles. The van der Waals surface area contributed by atoms with Crippen LogP contribution in [0.4, 0.5) is 11.4 Å². The molecule has 1 aliphatic rings. The summed E-state index contributed by atoms with van der Waals surface area (Å²) < 4.78 is 11.1. The summed E-state index contributed by atoms with van der Waals surface area (Å²) in [7, 11) is 0. The molecule has 1 fully saturated rings. The number of nitrogens with zero attached hydrogens (tertiary/aromatic N) is 2. The highest BCUT2D eigenvalue weighted by Gasteiger charge is 2.17. The molecule has 0 atom stereocenters. The predicted molar refractivity (Wildman–Crippen MR) is 122 cm³/mol. The largest absolute Gasteiger partial charge is 0.483 e. The molecule has 0 aliphatic carbocycles. The van der Waals surface area contributed by atoms with Crippen molar-refractivity contribution in [2.75, 3.05) is 56.2 Å². The second-order valence-electron chi connectivity index (χ2n) is 7.66. The fourth-order valence-electron chi connectivity index (χ4n) is 3.42. The highest BCUT2D eigenvalue weighted by atomic mass is 16.5. The number of anilines is 2. The van der Waals surface area contributed by atoms with E-state index in [9.17, 15) is 9.59 Å². The van der Waals surface area contributed by atoms with Crippen LogP contribution in [0.15, 0.2) is 42.5 Å². The summed E-state index contributed by atoms with van der Waals surface area (Å²) in [5, 5.41) is 2.87. The summed E-state index contributed by atoms with van der Waals surface area (Å²) in [5.74, 6) is 0.233. The van der Waals surface area contributed by atoms with Gasteiger partial charge >= 0.3 is 0 Å². The van der Waals surface area contributed by atoms with E-state index in [-0.39, 0.29) is 25.0 Å². The molecule has 1 aliphatic heterocycles. The Labute approximate surface area is 183 Å². The molecule has 0 saturated carbocycles. The Kier molecular flexibility index (Phi) is 7.89. The smallest absolute Gasteiger partial charge is 0.260 e. The number of amides is 2. The van der Waals surface area contributed by atoms with E-state index < -0.39 is 0 Å². The van der Waals surface area contributed by atoms with Gasteiger partial charge in [-0.25, -0.2) is 0 Å². The Morgan fingerprint density at radius 3 is 2.48 bits per heavy atom. The van der Waals surface area contributed by atoms with Crippen molar-refractivity contribution in [1.29, 1.82) is 0 Å². The quantitative estimate of drug-likeness (QED) is 0.704. The van der Waals surface area contributed by atoms with Crippen LogP contribution >= 0.6 is 0 Å². The van der Waals surface area contributed by atoms with Gasteiger partial charge in [-0.05, 0) is 62.2 Å². The Hall–Kier alpha value is -3.06. The lowest BCUT2D eigenvalue weighted by Gasteiger charge is -2.29. The highest BCUT2D eigenvalue weighted by molar-refractivity contribution is 5.94. The summed E-state index contributed by atoms with van der Waals surface area (Å²) in [6, 6.07) is 13.6. The van der Waals surface area contributed by atoms with Gasteiger partial charge in [-0.3, -0.25) is 9.59 Å². The molecule has 2 aromatic rings. The Balaban J connectivity index is 1.50. The zero-order chi connectivity index (χ0) is 22.2. The van der Waals surface area contributed by atoms with Crippen LogP contribution in [0.3, 0.4) is 0 Å². The molecule has 0 aromatic heterocycles. The fraction of sp³-hybridized carbons (Fsp3) is 0.417. The zero-order valence-corrected chi connectivity index (χ0v) is 18.5. The first-order valence-electron chi connectivity index (χ1n) is 10.7. The van der Waals surface area contributed by atoms with Gasteiger partial charge in [-0.1, -0.05) is 12.1 Å². The molecule has 0 unspecified atom stereocenters. The number of morpholine rings is 1. The predicted octanol–water partition coefficient (Wildman–Crippen LogP) is 3.01. The molecule has 31 heavy (non-hydrogen) atoms. The van der Waals surface area contributed by atoms with Gasteiger partial charge in [0, 0.05) is 31.0 Å². The van der Waals surface area contributed by atoms with E-state index in [2.05, 4.69) is 10.2 Å². The maximum Gasteiger partial charge on any atom is 0.260 e. The van der Waals surface area contributed by atoms with E-state index >= 15 is 0 Å². The summed E-state index contributed by atoms with van der Waals surface area (Å²) in [4.78, 5) is 28.8. The van der Waals surface area contributed by atoms with Crippen molar-refractivity contribution in [1.82, 2.24) is 4.90 Å². The monoisotopic (exact) mass is 425 g/mol. The van der Waals surface area contributed by atoms with E-state index in [1.165, 1.54) is 4.90 Å². The van der Waals surface area contributed by atoms with Crippen molar-refractivity contribution in [2.24, 2.45) is 0 Å². The third-order valence-electron chi connectivity index (χ3n) is 5.29. The molecule has 0 spiro atoms. The third-order valence-corrected chi connectivity index (χ3v) is 5.29. The van der Waals surface area contributed by atoms with Crippen LogP contribution < -0.4 is 15.0 Å². The number of rotatable bonds is 8. The van der Waals surface area contributed by atoms with Gasteiger partial charge in [0.15, 0.2) is 6.61 Å². The number of nitrogens with one attached hydrogen (secondary N) is 1. The van der Waals surface area contributed by atoms with Gasteiger partial charge in [0.1, 0.15) is 5.75 Å². The first-order chi connectivity index (χ1) is 15.0. The summed E-state index contributed by atoms with van der Waals surface area (Å²) in [6.07, 6.45) is 0. The van der Waals surface area contributed by atoms with Crippen molar-refractivity contribution in [3.63, 3.8) is 0 Å². The zero-order valence-electron chi connectivity index (χ0n) is 18.5. The van der Waals surface area contributed by atoms with Crippen LogP contribution in [-0.2, 0) is 14.3 Å². The van der Waals surface area contributed by atoms with Crippen LogP contribution in [-0.4, -0.2) is 62.7 Å². The van der Waals surface area contributed by atoms with Gasteiger partial charge in [0.25, 0.3) is 5.91 Å². The molecule has 3 rings (SSSR count). The van der Waals surface area contributed by atoms with E-state index in [0.717, 1.165) is 43.1 Å². The average molecular weight is 426 g/mol. The van der Waals surface area contributed by atoms with E-state index in [1.54, 1.807) is 0 Å². The third kappa shape index (κ3) is 6.46. The van der Waals surface area contributed by atoms with E-state index in [1.807, 2.05) is 63.2 Å². The molecule has 0 bridgehead atoms. The number of likely N-dealkylation sites (N-methyl/N-ethyl adjacent to an activating group) is 1. The number of aryl methyl sites for hydroxylation is 2. The first kappa shape index (κ1) is 22.6. The molecular weight excluding hydrogens is 394 g/mol. The van der Waals surface area contributed by atoms with E-state index in [0.29, 0.717) is 18.0 Å². The van der Waals surface area contributed by atoms with Crippen LogP contribution in [0.5, 0.6) is 5.75 Å². The second kappa shape index (κ2) is 10.8. The number of benzene rings is 2. The van der Waals surface area contributed by atoms with Gasteiger partial charge in [0.2, 0.25) is 5.91 Å². The van der Waals surface area contributed by atoms with E-state index in [4.69, 9.17) is 9.47 Å². The number of hydrogen-bond acceptors (Lipinski definition) is 5. The van der Waals surface area contributed by atoms with Crippen molar-refractivity contribution >= 4 is 23.2 Å². The first-order valence-corrected chi connectivity index (χ1v) is 10.7. The van der Waals surface area contributed by atoms with Gasteiger partial charge in [0.05, 0.1) is 19.8 Å². The van der Waals surface area contributed by atoms with Crippen LogP contribution in [0.2, 0.25) is 0 Å². The molecule has 1 N–H and O–H groups in total. The summed E-state index contributed by atoms with van der Waals surface area (Å²) >= 11 is 0. The molecule has 166 valence electrons. The minimum Gasteiger partial charge on any atom is -0.483 e. The maximum atomic E-state index is 12.6. The number of ether oxygens (including phenoxy) is 2. The Bertz CT molecular complexity index is 892. The topological polar surface area (TPSA) is 71.1 Å². The lowest BCUT2D eigenvalue weighted by Crippen LogP contribution is -2.40. The number of hydrogen-bond donors (Lipinski definition) is 1. The molecule has 1 saturated heterocycles. The minimum atomic E-state index is -0.235.